The van der Waals surface area contributed by atoms with Gasteiger partial charge in [-0.2, -0.15) is 0 Å². The molecule has 13 aromatic rings. The lowest BCUT2D eigenvalue weighted by atomic mass is 9.67. The molecule has 0 aromatic heterocycles. The second-order valence-corrected chi connectivity index (χ2v) is 19.1. The predicted molar refractivity (Wildman–Crippen MR) is 305 cm³/mol. The summed E-state index contributed by atoms with van der Waals surface area (Å²) in [5.41, 5.74) is 17.5. The zero-order chi connectivity index (χ0) is 47.6. The second kappa shape index (κ2) is 17.0. The van der Waals surface area contributed by atoms with Gasteiger partial charge < -0.3 is 4.90 Å². The summed E-state index contributed by atoms with van der Waals surface area (Å²) >= 11 is 0. The lowest BCUT2D eigenvalue weighted by Crippen LogP contribution is -2.28. The van der Waals surface area contributed by atoms with Crippen LogP contribution in [0.4, 0.5) is 17.1 Å². The van der Waals surface area contributed by atoms with E-state index in [9.17, 15) is 0 Å². The molecule has 0 saturated carbocycles. The van der Waals surface area contributed by atoms with Gasteiger partial charge >= 0.3 is 0 Å². The Hall–Kier alpha value is -9.30. The molecule has 1 aliphatic carbocycles. The van der Waals surface area contributed by atoms with Crippen molar-refractivity contribution in [2.45, 2.75) is 5.41 Å². The quantitative estimate of drug-likeness (QED) is 0.147. The summed E-state index contributed by atoms with van der Waals surface area (Å²) in [5.74, 6) is 0. The number of benzene rings is 13. The molecule has 1 heteroatoms. The summed E-state index contributed by atoms with van der Waals surface area (Å²) < 4.78 is 0. The molecule has 0 heterocycles. The maximum absolute atomic E-state index is 2.45. The molecule has 0 unspecified atom stereocenters. The Morgan fingerprint density at radius 1 is 0.250 bits per heavy atom. The highest BCUT2D eigenvalue weighted by Crippen LogP contribution is 2.59. The maximum Gasteiger partial charge on any atom is 0.0714 e. The number of rotatable bonds is 8. The minimum Gasteiger partial charge on any atom is -0.310 e. The van der Waals surface area contributed by atoms with Crippen LogP contribution in [0, 0.1) is 0 Å². The van der Waals surface area contributed by atoms with E-state index in [1.54, 1.807) is 0 Å². The minimum absolute atomic E-state index is 0.598. The third kappa shape index (κ3) is 6.63. The van der Waals surface area contributed by atoms with E-state index >= 15 is 0 Å². The van der Waals surface area contributed by atoms with E-state index in [0.717, 1.165) is 22.6 Å². The number of fused-ring (bicyclic) bond motifs is 7. The maximum atomic E-state index is 2.45. The van der Waals surface area contributed by atoms with Crippen molar-refractivity contribution in [1.29, 1.82) is 0 Å². The molecule has 0 saturated heterocycles. The molecule has 0 atom stereocenters. The first kappa shape index (κ1) is 41.7. The smallest absolute Gasteiger partial charge is 0.0714 e. The molecular weight excluding hydrogens is 867 g/mol. The summed E-state index contributed by atoms with van der Waals surface area (Å²) in [7, 11) is 0. The highest BCUT2D eigenvalue weighted by atomic mass is 15.1. The Morgan fingerprint density at radius 2 is 0.653 bits per heavy atom. The topological polar surface area (TPSA) is 3.24 Å². The van der Waals surface area contributed by atoms with Gasteiger partial charge in [0.25, 0.3) is 0 Å². The van der Waals surface area contributed by atoms with E-state index in [2.05, 4.69) is 290 Å². The van der Waals surface area contributed by atoms with Gasteiger partial charge in [-0.25, -0.2) is 0 Å². The number of hydrogen-bond donors (Lipinski definition) is 0. The van der Waals surface area contributed by atoms with Crippen LogP contribution < -0.4 is 4.90 Å². The lowest BCUT2D eigenvalue weighted by Gasteiger charge is -2.34. The van der Waals surface area contributed by atoms with Gasteiger partial charge in [0.05, 0.1) is 11.1 Å². The van der Waals surface area contributed by atoms with Gasteiger partial charge in [-0.05, 0) is 147 Å². The standard InChI is InChI=1S/C71H47N/c1-3-20-54-46-56(40-34-48(54)16-1)71(57-41-35-49-17-2-4-21-55(49)47-57)67-31-11-9-27-66(67)70-65(30-15-32-68(70)71)64-26-10-12-33-69(64)72(58-42-36-52(37-43-58)62-28-13-22-50-18-5-7-24-60(50)62)59-44-38-53(39-45-59)63-29-14-23-51-19-6-8-25-61(51)63/h1-47H. The van der Waals surface area contributed by atoms with Gasteiger partial charge in [-0.3, -0.25) is 0 Å². The molecule has 13 aromatic carbocycles. The highest BCUT2D eigenvalue weighted by Gasteiger charge is 2.47. The van der Waals surface area contributed by atoms with Crippen LogP contribution in [0.5, 0.6) is 0 Å². The molecule has 0 fully saturated rings. The summed E-state index contributed by atoms with van der Waals surface area (Å²) in [4.78, 5) is 2.45. The summed E-state index contributed by atoms with van der Waals surface area (Å²) in [6, 6.07) is 106. The van der Waals surface area contributed by atoms with Crippen LogP contribution in [0.3, 0.4) is 0 Å². The molecule has 72 heavy (non-hydrogen) atoms. The third-order valence-electron chi connectivity index (χ3n) is 15.3. The number of anilines is 3. The monoisotopic (exact) mass is 913 g/mol. The van der Waals surface area contributed by atoms with Crippen molar-refractivity contribution in [2.24, 2.45) is 0 Å². The minimum atomic E-state index is -0.598. The van der Waals surface area contributed by atoms with Crippen LogP contribution in [0.25, 0.3) is 87.6 Å². The number of nitrogens with zero attached hydrogens (tertiary/aromatic N) is 1. The Labute approximate surface area is 420 Å². The van der Waals surface area contributed by atoms with Gasteiger partial charge in [0.15, 0.2) is 0 Å². The van der Waals surface area contributed by atoms with E-state index in [0.29, 0.717) is 0 Å². The fourth-order valence-corrected chi connectivity index (χ4v) is 12.0. The molecule has 0 spiro atoms. The van der Waals surface area contributed by atoms with E-state index < -0.39 is 5.41 Å². The van der Waals surface area contributed by atoms with E-state index in [1.807, 2.05) is 0 Å². The normalized spacial score (nSPS) is 12.6. The van der Waals surface area contributed by atoms with Crippen LogP contribution in [-0.4, -0.2) is 0 Å². The zero-order valence-corrected chi connectivity index (χ0v) is 39.6. The summed E-state index contributed by atoms with van der Waals surface area (Å²) in [6.07, 6.45) is 0. The Kier molecular flexibility index (Phi) is 9.82. The van der Waals surface area contributed by atoms with Crippen LogP contribution >= 0.6 is 0 Å². The summed E-state index contributed by atoms with van der Waals surface area (Å²) in [6.45, 7) is 0. The lowest BCUT2D eigenvalue weighted by molar-refractivity contribution is 0.771. The molecule has 336 valence electrons. The van der Waals surface area contributed by atoms with Crippen molar-refractivity contribution < 1.29 is 0 Å². The molecule has 14 rings (SSSR count). The molecule has 1 nitrogen and oxygen atoms in total. The van der Waals surface area contributed by atoms with Crippen molar-refractivity contribution in [2.75, 3.05) is 4.90 Å². The molecular formula is C71H47N. The number of para-hydroxylation sites is 1. The van der Waals surface area contributed by atoms with Crippen molar-refractivity contribution in [1.82, 2.24) is 0 Å². The van der Waals surface area contributed by atoms with Crippen molar-refractivity contribution in [3.05, 3.63) is 307 Å². The first-order valence-electron chi connectivity index (χ1n) is 25.0. The van der Waals surface area contributed by atoms with Crippen LogP contribution in [0.2, 0.25) is 0 Å². The Balaban J connectivity index is 0.986. The average Bonchev–Trinajstić information content (AvgIpc) is 3.76. The molecule has 1 aliphatic rings. The largest absolute Gasteiger partial charge is 0.310 e. The van der Waals surface area contributed by atoms with E-state index in [1.165, 1.54) is 104 Å². The first-order valence-corrected chi connectivity index (χ1v) is 25.0. The van der Waals surface area contributed by atoms with Gasteiger partial charge in [-0.15, -0.1) is 0 Å². The second-order valence-electron chi connectivity index (χ2n) is 19.1. The van der Waals surface area contributed by atoms with Crippen LogP contribution in [0.1, 0.15) is 22.3 Å². The molecule has 0 N–H and O–H groups in total. The molecule has 0 bridgehead atoms. The van der Waals surface area contributed by atoms with Crippen molar-refractivity contribution >= 4 is 60.2 Å². The average molecular weight is 914 g/mol. The molecule has 0 aliphatic heterocycles. The predicted octanol–water partition coefficient (Wildman–Crippen LogP) is 19.1. The van der Waals surface area contributed by atoms with Crippen LogP contribution in [0.15, 0.2) is 285 Å². The van der Waals surface area contributed by atoms with Crippen molar-refractivity contribution in [3.63, 3.8) is 0 Å². The van der Waals surface area contributed by atoms with Crippen molar-refractivity contribution in [3.8, 4) is 44.5 Å². The number of hydrogen-bond acceptors (Lipinski definition) is 1. The van der Waals surface area contributed by atoms with E-state index in [4.69, 9.17) is 0 Å². The van der Waals surface area contributed by atoms with Gasteiger partial charge in [-0.1, -0.05) is 243 Å². The van der Waals surface area contributed by atoms with E-state index in [-0.39, 0.29) is 0 Å². The zero-order valence-electron chi connectivity index (χ0n) is 39.6. The van der Waals surface area contributed by atoms with Crippen LogP contribution in [-0.2, 0) is 5.41 Å². The highest BCUT2D eigenvalue weighted by molar-refractivity contribution is 6.02. The fraction of sp³-hybridized carbons (Fsp3) is 0.0141. The molecule has 0 amide bonds. The Morgan fingerprint density at radius 3 is 1.22 bits per heavy atom. The fourth-order valence-electron chi connectivity index (χ4n) is 12.0. The Bertz CT molecular complexity index is 4010. The van der Waals surface area contributed by atoms with Gasteiger partial charge in [0.2, 0.25) is 0 Å². The third-order valence-corrected chi connectivity index (χ3v) is 15.3. The van der Waals surface area contributed by atoms with Gasteiger partial charge in [0, 0.05) is 16.9 Å². The SMILES string of the molecule is c1ccc(N(c2ccc(-c3cccc4ccccc34)cc2)c2ccc(-c3cccc4ccccc34)cc2)c(-c2cccc3c2-c2ccccc2C3(c2ccc3ccccc3c2)c2ccc3ccccc3c2)c1. The van der Waals surface area contributed by atoms with Gasteiger partial charge in [0.1, 0.15) is 0 Å². The summed E-state index contributed by atoms with van der Waals surface area (Å²) in [5, 5.41) is 9.92. The first-order chi connectivity index (χ1) is 35.7. The molecule has 0 radical (unpaired) electrons.